The number of ether oxygens (including phenoxy) is 1. The van der Waals surface area contributed by atoms with Crippen LogP contribution in [0.2, 0.25) is 0 Å². The van der Waals surface area contributed by atoms with Gasteiger partial charge in [-0.3, -0.25) is 0 Å². The molecule has 0 rings (SSSR count). The van der Waals surface area contributed by atoms with Gasteiger partial charge in [-0.2, -0.15) is 0 Å². The van der Waals surface area contributed by atoms with Gasteiger partial charge >= 0.3 is 5.97 Å². The predicted molar refractivity (Wildman–Crippen MR) is 36.4 cm³/mol. The molecular weight excluding hydrogens is 153 g/mol. The van der Waals surface area contributed by atoms with Crippen LogP contribution in [0, 0.1) is 0 Å². The monoisotopic (exact) mass is 163 g/mol. The van der Waals surface area contributed by atoms with Gasteiger partial charge in [0, 0.05) is 0 Å². The third-order valence-corrected chi connectivity index (χ3v) is 1.02. The highest BCUT2D eigenvalue weighted by molar-refractivity contribution is 6.03. The molecule has 0 bridgehead atoms. The van der Waals surface area contributed by atoms with Crippen molar-refractivity contribution in [3.8, 4) is 0 Å². The minimum absolute atomic E-state index is 0.109. The third-order valence-electron chi connectivity index (χ3n) is 1.02. The van der Waals surface area contributed by atoms with Gasteiger partial charge in [0.25, 0.3) is 0 Å². The van der Waals surface area contributed by atoms with Gasteiger partial charge in [0.2, 0.25) is 6.17 Å². The van der Waals surface area contributed by atoms with Crippen LogP contribution in [0.1, 0.15) is 13.8 Å². The van der Waals surface area contributed by atoms with Crippen molar-refractivity contribution < 1.29 is 19.1 Å². The minimum Gasteiger partial charge on any atom is -0.464 e. The lowest BCUT2D eigenvalue weighted by Crippen LogP contribution is -2.25. The van der Waals surface area contributed by atoms with Gasteiger partial charge in [-0.05, 0) is 13.8 Å². The molecule has 5 heteroatoms. The molecule has 0 aromatic rings. The largest absolute Gasteiger partial charge is 0.464 e. The number of carbonyl (C=O) groups is 1. The maximum absolute atomic E-state index is 12.6. The molecule has 11 heavy (non-hydrogen) atoms. The fourth-order valence-electron chi connectivity index (χ4n) is 0.437. The van der Waals surface area contributed by atoms with E-state index < -0.39 is 12.1 Å². The summed E-state index contributed by atoms with van der Waals surface area (Å²) in [5.41, 5.74) is -0.302. The van der Waals surface area contributed by atoms with E-state index in [0.717, 1.165) is 0 Å². The van der Waals surface area contributed by atoms with E-state index in [1.807, 2.05) is 0 Å². The molecule has 0 aliphatic rings. The molecule has 4 nitrogen and oxygen atoms in total. The summed E-state index contributed by atoms with van der Waals surface area (Å²) >= 11 is 0. The molecule has 0 aromatic heterocycles. The van der Waals surface area contributed by atoms with Crippen molar-refractivity contribution in [2.24, 2.45) is 5.16 Å². The number of esters is 1. The Morgan fingerprint density at radius 1 is 1.82 bits per heavy atom. The predicted octanol–water partition coefficient (Wildman–Crippen LogP) is 0.738. The summed E-state index contributed by atoms with van der Waals surface area (Å²) in [6, 6.07) is 0. The molecule has 0 spiro atoms. The van der Waals surface area contributed by atoms with Crippen LogP contribution in [-0.2, 0) is 9.53 Å². The van der Waals surface area contributed by atoms with Crippen LogP contribution in [0.3, 0.4) is 0 Å². The molecule has 0 saturated carbocycles. The number of oxime groups is 1. The first-order valence-electron chi connectivity index (χ1n) is 3.12. The average molecular weight is 163 g/mol. The zero-order valence-electron chi connectivity index (χ0n) is 6.37. The fourth-order valence-corrected chi connectivity index (χ4v) is 0.437. The number of rotatable bonds is 3. The fraction of sp³-hybridized carbons (Fsp3) is 0.667. The van der Waals surface area contributed by atoms with Crippen LogP contribution in [-0.4, -0.2) is 29.7 Å². The molecular formula is C6H10FNO3. The Morgan fingerprint density at radius 2 is 2.36 bits per heavy atom. The Bertz CT molecular complexity index is 169. The second-order valence-electron chi connectivity index (χ2n) is 1.86. The molecule has 1 N–H and O–H groups in total. The van der Waals surface area contributed by atoms with E-state index in [0.29, 0.717) is 0 Å². The minimum atomic E-state index is -1.96. The van der Waals surface area contributed by atoms with Gasteiger partial charge in [0.1, 0.15) is 0 Å². The Balaban J connectivity index is 4.02. The Labute approximate surface area is 63.6 Å². The number of alkyl halides is 1. The highest BCUT2D eigenvalue weighted by atomic mass is 19.1. The van der Waals surface area contributed by atoms with Crippen LogP contribution < -0.4 is 0 Å². The zero-order chi connectivity index (χ0) is 8.85. The lowest BCUT2D eigenvalue weighted by molar-refractivity contribution is -0.146. The number of carbonyl (C=O) groups excluding carboxylic acids is 1. The van der Waals surface area contributed by atoms with E-state index in [1.165, 1.54) is 6.92 Å². The van der Waals surface area contributed by atoms with Gasteiger partial charge in [-0.1, -0.05) is 5.16 Å². The summed E-state index contributed by atoms with van der Waals surface area (Å²) in [4.78, 5) is 10.6. The van der Waals surface area contributed by atoms with Gasteiger partial charge in [0.05, 0.1) is 12.3 Å². The summed E-state index contributed by atoms with van der Waals surface area (Å²) in [5, 5.41) is 10.6. The summed E-state index contributed by atoms with van der Waals surface area (Å²) < 4.78 is 16.9. The maximum Gasteiger partial charge on any atom is 0.346 e. The molecule has 1 atom stereocenters. The van der Waals surface area contributed by atoms with Crippen molar-refractivity contribution in [1.29, 1.82) is 0 Å². The third kappa shape index (κ3) is 2.97. The van der Waals surface area contributed by atoms with E-state index in [9.17, 15) is 9.18 Å². The summed E-state index contributed by atoms with van der Waals surface area (Å²) in [6.07, 6.45) is -1.96. The van der Waals surface area contributed by atoms with Gasteiger partial charge in [-0.15, -0.1) is 0 Å². The summed E-state index contributed by atoms with van der Waals surface area (Å²) in [6.45, 7) is 2.87. The summed E-state index contributed by atoms with van der Waals surface area (Å²) in [5.74, 6) is -1.03. The highest BCUT2D eigenvalue weighted by Gasteiger charge is 2.21. The molecule has 0 aromatic carbocycles. The van der Waals surface area contributed by atoms with Crippen LogP contribution in [0.5, 0.6) is 0 Å². The standard InChI is InChI=1S/C6H10FNO3/c1-3-11-6(9)5(7)4(2)8-10/h5,10H,3H2,1-2H3. The molecule has 0 amide bonds. The molecule has 64 valence electrons. The second kappa shape index (κ2) is 4.65. The number of hydrogen-bond acceptors (Lipinski definition) is 4. The van der Waals surface area contributed by atoms with Crippen molar-refractivity contribution in [1.82, 2.24) is 0 Å². The molecule has 1 unspecified atom stereocenters. The Hall–Kier alpha value is -1.13. The first-order chi connectivity index (χ1) is 5.13. The van der Waals surface area contributed by atoms with Crippen molar-refractivity contribution in [3.05, 3.63) is 0 Å². The number of hydrogen-bond donors (Lipinski definition) is 1. The van der Waals surface area contributed by atoms with Crippen LogP contribution >= 0.6 is 0 Å². The number of nitrogens with zero attached hydrogens (tertiary/aromatic N) is 1. The maximum atomic E-state index is 12.6. The van der Waals surface area contributed by atoms with Crippen molar-refractivity contribution in [2.75, 3.05) is 6.61 Å². The molecule has 0 fully saturated rings. The smallest absolute Gasteiger partial charge is 0.346 e. The zero-order valence-corrected chi connectivity index (χ0v) is 6.37. The van der Waals surface area contributed by atoms with E-state index in [4.69, 9.17) is 5.21 Å². The van der Waals surface area contributed by atoms with Crippen LogP contribution in [0.25, 0.3) is 0 Å². The quantitative estimate of drug-likeness (QED) is 0.289. The molecule has 0 saturated heterocycles. The average Bonchev–Trinajstić information content (AvgIpc) is 2.02. The normalized spacial score (nSPS) is 14.3. The lowest BCUT2D eigenvalue weighted by atomic mass is 10.3. The van der Waals surface area contributed by atoms with Crippen molar-refractivity contribution in [3.63, 3.8) is 0 Å². The number of halogens is 1. The highest BCUT2D eigenvalue weighted by Crippen LogP contribution is 1.97. The van der Waals surface area contributed by atoms with E-state index >= 15 is 0 Å². The molecule has 0 heterocycles. The van der Waals surface area contributed by atoms with E-state index in [1.54, 1.807) is 6.92 Å². The van der Waals surface area contributed by atoms with Crippen LogP contribution in [0.4, 0.5) is 4.39 Å². The van der Waals surface area contributed by atoms with Gasteiger partial charge in [0.15, 0.2) is 0 Å². The molecule has 0 aliphatic carbocycles. The van der Waals surface area contributed by atoms with Crippen LogP contribution in [0.15, 0.2) is 5.16 Å². The van der Waals surface area contributed by atoms with Gasteiger partial charge in [-0.25, -0.2) is 9.18 Å². The Kier molecular flexibility index (Phi) is 4.17. The van der Waals surface area contributed by atoms with E-state index in [-0.39, 0.29) is 12.3 Å². The first kappa shape index (κ1) is 9.87. The Morgan fingerprint density at radius 3 is 2.73 bits per heavy atom. The lowest BCUT2D eigenvalue weighted by Gasteiger charge is -2.04. The van der Waals surface area contributed by atoms with Crippen molar-refractivity contribution in [2.45, 2.75) is 20.0 Å². The van der Waals surface area contributed by atoms with E-state index in [2.05, 4.69) is 9.89 Å². The second-order valence-corrected chi connectivity index (χ2v) is 1.86. The first-order valence-corrected chi connectivity index (χ1v) is 3.12. The SMILES string of the molecule is CCOC(=O)C(F)C(C)=NO. The summed E-state index contributed by atoms with van der Waals surface area (Å²) in [7, 11) is 0. The topological polar surface area (TPSA) is 58.9 Å². The van der Waals surface area contributed by atoms with Gasteiger partial charge < -0.3 is 9.94 Å². The van der Waals surface area contributed by atoms with Crippen molar-refractivity contribution >= 4 is 11.7 Å². The molecule has 0 radical (unpaired) electrons. The molecule has 0 aliphatic heterocycles.